The number of nitrogens with two attached hydrogens (primary N) is 1. The highest BCUT2D eigenvalue weighted by Gasteiger charge is 2.09. The Balaban J connectivity index is 3.22. The van der Waals surface area contributed by atoms with Gasteiger partial charge in [-0.15, -0.1) is 0 Å². The highest BCUT2D eigenvalue weighted by Crippen LogP contribution is 2.17. The van der Waals surface area contributed by atoms with Crippen LogP contribution in [0.3, 0.4) is 0 Å². The number of nitrogens with one attached hydrogen (secondary N) is 1. The molecule has 0 spiro atoms. The summed E-state index contributed by atoms with van der Waals surface area (Å²) in [6, 6.07) is 4.64. The normalized spacial score (nSPS) is 11.5. The van der Waals surface area contributed by atoms with Crippen LogP contribution < -0.4 is 11.3 Å². The molecule has 5 heteroatoms. The van der Waals surface area contributed by atoms with Gasteiger partial charge in [-0.3, -0.25) is 4.99 Å². The van der Waals surface area contributed by atoms with Crippen molar-refractivity contribution in [3.8, 4) is 0 Å². The van der Waals surface area contributed by atoms with Crippen molar-refractivity contribution in [1.29, 1.82) is 0 Å². The maximum Gasteiger partial charge on any atom is 0.152 e. The molecular formula is C8H9ClFN3. The molecule has 0 fully saturated rings. The Morgan fingerprint density at radius 1 is 1.62 bits per heavy atom. The number of hydrazine groups is 1. The van der Waals surface area contributed by atoms with Crippen molar-refractivity contribution in [2.75, 3.05) is 7.05 Å². The molecule has 0 heterocycles. The molecule has 1 aromatic carbocycles. The van der Waals surface area contributed by atoms with Crippen LogP contribution in [0.25, 0.3) is 0 Å². The first kappa shape index (κ1) is 9.95. The van der Waals surface area contributed by atoms with Gasteiger partial charge in [0.15, 0.2) is 5.82 Å². The quantitative estimate of drug-likeness (QED) is 0.312. The van der Waals surface area contributed by atoms with E-state index >= 15 is 0 Å². The first-order valence-corrected chi connectivity index (χ1v) is 3.96. The lowest BCUT2D eigenvalue weighted by atomic mass is 10.2. The van der Waals surface area contributed by atoms with Crippen molar-refractivity contribution >= 4 is 17.4 Å². The molecule has 0 aliphatic rings. The topological polar surface area (TPSA) is 50.4 Å². The van der Waals surface area contributed by atoms with Gasteiger partial charge in [0.05, 0.1) is 10.6 Å². The number of hydrogen-bond donors (Lipinski definition) is 2. The molecule has 0 aliphatic carbocycles. The van der Waals surface area contributed by atoms with Gasteiger partial charge >= 0.3 is 0 Å². The number of nitrogens with zero attached hydrogens (tertiary/aromatic N) is 1. The summed E-state index contributed by atoms with van der Waals surface area (Å²) in [6.07, 6.45) is 0. The molecule has 0 saturated heterocycles. The summed E-state index contributed by atoms with van der Waals surface area (Å²) in [6.45, 7) is 0. The van der Waals surface area contributed by atoms with Crippen molar-refractivity contribution < 1.29 is 4.39 Å². The van der Waals surface area contributed by atoms with Crippen LogP contribution in [0.5, 0.6) is 0 Å². The van der Waals surface area contributed by atoms with E-state index in [2.05, 4.69) is 10.4 Å². The summed E-state index contributed by atoms with van der Waals surface area (Å²) in [5.41, 5.74) is 2.55. The molecule has 13 heavy (non-hydrogen) atoms. The van der Waals surface area contributed by atoms with Gasteiger partial charge in [-0.2, -0.15) is 0 Å². The highest BCUT2D eigenvalue weighted by molar-refractivity contribution is 6.31. The number of amidine groups is 1. The van der Waals surface area contributed by atoms with Crippen LogP contribution in [0.4, 0.5) is 4.39 Å². The van der Waals surface area contributed by atoms with Gasteiger partial charge in [0.1, 0.15) is 5.84 Å². The van der Waals surface area contributed by atoms with E-state index in [4.69, 9.17) is 17.4 Å². The smallest absolute Gasteiger partial charge is 0.152 e. The Morgan fingerprint density at radius 3 is 2.85 bits per heavy atom. The van der Waals surface area contributed by atoms with E-state index in [1.165, 1.54) is 13.1 Å². The number of rotatable bonds is 1. The Hall–Kier alpha value is -1.13. The largest absolute Gasteiger partial charge is 0.308 e. The van der Waals surface area contributed by atoms with Crippen LogP contribution in [-0.4, -0.2) is 12.9 Å². The van der Waals surface area contributed by atoms with E-state index in [0.29, 0.717) is 0 Å². The summed E-state index contributed by atoms with van der Waals surface area (Å²) in [5, 5.41) is 0.0499. The minimum Gasteiger partial charge on any atom is -0.308 e. The molecule has 0 aliphatic heterocycles. The zero-order chi connectivity index (χ0) is 9.84. The van der Waals surface area contributed by atoms with E-state index < -0.39 is 5.82 Å². The zero-order valence-corrected chi connectivity index (χ0v) is 7.77. The molecule has 0 radical (unpaired) electrons. The molecule has 3 nitrogen and oxygen atoms in total. The highest BCUT2D eigenvalue weighted by atomic mass is 35.5. The molecule has 1 aromatic rings. The molecule has 0 amide bonds. The number of aliphatic imine (C=N–C) groups is 1. The molecule has 0 bridgehead atoms. The maximum atomic E-state index is 13.3. The minimum atomic E-state index is -0.525. The Bertz CT molecular complexity index is 338. The van der Waals surface area contributed by atoms with Gasteiger partial charge in [0, 0.05) is 7.05 Å². The van der Waals surface area contributed by atoms with Crippen LogP contribution in [0, 0.1) is 5.82 Å². The third kappa shape index (κ3) is 1.96. The third-order valence-corrected chi connectivity index (χ3v) is 1.86. The minimum absolute atomic E-state index is 0.0499. The maximum absolute atomic E-state index is 13.3. The van der Waals surface area contributed by atoms with Crippen LogP contribution in [-0.2, 0) is 0 Å². The zero-order valence-electron chi connectivity index (χ0n) is 7.01. The first-order valence-electron chi connectivity index (χ1n) is 3.58. The van der Waals surface area contributed by atoms with Gasteiger partial charge in [-0.05, 0) is 12.1 Å². The molecule has 0 unspecified atom stereocenters. The second-order valence-electron chi connectivity index (χ2n) is 2.32. The second-order valence-corrected chi connectivity index (χ2v) is 2.73. The Labute approximate surface area is 80.4 Å². The fourth-order valence-corrected chi connectivity index (χ4v) is 1.12. The number of hydrogen-bond acceptors (Lipinski definition) is 2. The van der Waals surface area contributed by atoms with Gasteiger partial charge in [-0.25, -0.2) is 10.2 Å². The van der Waals surface area contributed by atoms with Crippen molar-refractivity contribution in [3.05, 3.63) is 34.6 Å². The summed E-state index contributed by atoms with van der Waals surface area (Å²) < 4.78 is 13.3. The van der Waals surface area contributed by atoms with E-state index in [1.54, 1.807) is 12.1 Å². The van der Waals surface area contributed by atoms with E-state index in [0.717, 1.165) is 0 Å². The number of halogens is 2. The van der Waals surface area contributed by atoms with E-state index in [-0.39, 0.29) is 16.4 Å². The molecule has 0 atom stereocenters. The summed E-state index contributed by atoms with van der Waals surface area (Å²) >= 11 is 5.57. The Morgan fingerprint density at radius 2 is 2.31 bits per heavy atom. The predicted octanol–water partition coefficient (Wildman–Crippen LogP) is 1.32. The second kappa shape index (κ2) is 4.20. The van der Waals surface area contributed by atoms with Crippen molar-refractivity contribution in [2.24, 2.45) is 10.8 Å². The molecular weight excluding hydrogens is 193 g/mol. The van der Waals surface area contributed by atoms with E-state index in [9.17, 15) is 4.39 Å². The average molecular weight is 202 g/mol. The lowest BCUT2D eigenvalue weighted by Gasteiger charge is -2.06. The molecule has 0 saturated carbocycles. The first-order chi connectivity index (χ1) is 6.20. The van der Waals surface area contributed by atoms with Crippen molar-refractivity contribution in [2.45, 2.75) is 0 Å². The van der Waals surface area contributed by atoms with Crippen LogP contribution in [0.1, 0.15) is 5.56 Å². The standard InChI is InChI=1S/C8H9ClFN3/c1-12-8(13-11)5-3-2-4-6(9)7(5)10/h2-4H,11H2,1H3,(H,12,13). The number of benzene rings is 1. The van der Waals surface area contributed by atoms with Gasteiger partial charge in [-0.1, -0.05) is 17.7 Å². The van der Waals surface area contributed by atoms with Crippen LogP contribution in [0.2, 0.25) is 5.02 Å². The summed E-state index contributed by atoms with van der Waals surface area (Å²) in [7, 11) is 1.51. The van der Waals surface area contributed by atoms with Crippen LogP contribution in [0.15, 0.2) is 23.2 Å². The molecule has 1 rings (SSSR count). The molecule has 0 aromatic heterocycles. The molecule has 70 valence electrons. The monoisotopic (exact) mass is 201 g/mol. The van der Waals surface area contributed by atoms with Crippen LogP contribution >= 0.6 is 11.6 Å². The predicted molar refractivity (Wildman–Crippen MR) is 51.2 cm³/mol. The lowest BCUT2D eigenvalue weighted by molar-refractivity contribution is 0.624. The summed E-state index contributed by atoms with van der Waals surface area (Å²) in [4.78, 5) is 3.76. The van der Waals surface area contributed by atoms with Crippen molar-refractivity contribution in [3.63, 3.8) is 0 Å². The third-order valence-electron chi connectivity index (χ3n) is 1.57. The fraction of sp³-hybridized carbons (Fsp3) is 0.125. The average Bonchev–Trinajstić information content (AvgIpc) is 2.14. The van der Waals surface area contributed by atoms with E-state index in [1.807, 2.05) is 0 Å². The van der Waals surface area contributed by atoms with Crippen molar-refractivity contribution in [1.82, 2.24) is 5.43 Å². The Kier molecular flexibility index (Phi) is 3.22. The van der Waals surface area contributed by atoms with Gasteiger partial charge < -0.3 is 5.43 Å². The fourth-order valence-electron chi connectivity index (χ4n) is 0.949. The van der Waals surface area contributed by atoms with Gasteiger partial charge in [0.2, 0.25) is 0 Å². The summed E-state index contributed by atoms with van der Waals surface area (Å²) in [5.74, 6) is 4.88. The SMILES string of the molecule is CN=C(NN)c1cccc(Cl)c1F. The lowest BCUT2D eigenvalue weighted by Crippen LogP contribution is -2.31. The van der Waals surface area contributed by atoms with Gasteiger partial charge in [0.25, 0.3) is 0 Å². The molecule has 3 N–H and O–H groups in total.